The van der Waals surface area contributed by atoms with Gasteiger partial charge in [-0.2, -0.15) is 0 Å². The number of para-hydroxylation sites is 1. The maximum Gasteiger partial charge on any atom is 0.0606 e. The van der Waals surface area contributed by atoms with Crippen LogP contribution in [-0.2, 0) is 6.54 Å². The third-order valence-electron chi connectivity index (χ3n) is 3.00. The van der Waals surface area contributed by atoms with E-state index in [0.29, 0.717) is 6.04 Å². The first-order chi connectivity index (χ1) is 7.86. The molecule has 88 valence electrons. The molecule has 2 rings (SSSR count). The Labute approximate surface area is 97.1 Å². The molecule has 16 heavy (non-hydrogen) atoms. The van der Waals surface area contributed by atoms with Gasteiger partial charge in [-0.15, -0.1) is 0 Å². The van der Waals surface area contributed by atoms with Crippen LogP contribution in [0.4, 0.5) is 5.69 Å². The molecule has 2 N–H and O–H groups in total. The lowest BCUT2D eigenvalue weighted by atomic mass is 10.1. The molecule has 0 spiro atoms. The zero-order valence-corrected chi connectivity index (χ0v) is 9.82. The van der Waals surface area contributed by atoms with E-state index in [1.54, 1.807) is 0 Å². The van der Waals surface area contributed by atoms with Crippen LogP contribution in [0.5, 0.6) is 0 Å². The summed E-state index contributed by atoms with van der Waals surface area (Å²) in [5, 5.41) is 12.3. The lowest BCUT2D eigenvalue weighted by Crippen LogP contribution is -2.30. The monoisotopic (exact) mass is 220 g/mol. The highest BCUT2D eigenvalue weighted by Crippen LogP contribution is 2.33. The minimum absolute atomic E-state index is 0.227. The van der Waals surface area contributed by atoms with Gasteiger partial charge in [0.25, 0.3) is 0 Å². The molecular formula is C13H20N2O. The van der Waals surface area contributed by atoms with Gasteiger partial charge in [0.15, 0.2) is 0 Å². The molecule has 3 heteroatoms. The summed E-state index contributed by atoms with van der Waals surface area (Å²) in [4.78, 5) is 2.34. The van der Waals surface area contributed by atoms with Gasteiger partial charge < -0.3 is 15.3 Å². The van der Waals surface area contributed by atoms with Crippen molar-refractivity contribution in [2.75, 3.05) is 25.1 Å². The number of nitrogens with one attached hydrogen (secondary N) is 1. The molecule has 1 aromatic carbocycles. The van der Waals surface area contributed by atoms with Crippen LogP contribution in [0.3, 0.4) is 0 Å². The minimum Gasteiger partial charge on any atom is -0.395 e. The van der Waals surface area contributed by atoms with Crippen LogP contribution in [0, 0.1) is 0 Å². The zero-order valence-electron chi connectivity index (χ0n) is 9.82. The van der Waals surface area contributed by atoms with Gasteiger partial charge >= 0.3 is 0 Å². The fourth-order valence-electron chi connectivity index (χ4n) is 2.12. The van der Waals surface area contributed by atoms with Crippen molar-refractivity contribution in [2.45, 2.75) is 25.4 Å². The molecule has 1 aromatic rings. The number of aliphatic hydroxyl groups excluding tert-OH is 1. The van der Waals surface area contributed by atoms with Crippen LogP contribution >= 0.6 is 0 Å². The summed E-state index contributed by atoms with van der Waals surface area (Å²) < 4.78 is 0. The van der Waals surface area contributed by atoms with E-state index in [1.165, 1.54) is 24.1 Å². The Morgan fingerprint density at radius 1 is 1.38 bits per heavy atom. The number of aliphatic hydroxyl groups is 1. The average molecular weight is 220 g/mol. The van der Waals surface area contributed by atoms with Gasteiger partial charge in [0.1, 0.15) is 0 Å². The molecule has 0 heterocycles. The molecule has 1 fully saturated rings. The van der Waals surface area contributed by atoms with E-state index < -0.39 is 0 Å². The standard InChI is InChI=1S/C13H20N2O/c1-14-10-11-4-2-3-5-13(11)15(8-9-16)12-6-7-12/h2-5,12,14,16H,6-10H2,1H3. The second-order valence-electron chi connectivity index (χ2n) is 4.31. The van der Waals surface area contributed by atoms with E-state index in [1.807, 2.05) is 7.05 Å². The Kier molecular flexibility index (Phi) is 3.80. The highest BCUT2D eigenvalue weighted by Gasteiger charge is 2.29. The van der Waals surface area contributed by atoms with Crippen molar-refractivity contribution in [1.82, 2.24) is 5.32 Å². The predicted octanol–water partition coefficient (Wildman–Crippen LogP) is 1.37. The Morgan fingerprint density at radius 3 is 2.75 bits per heavy atom. The molecule has 1 aliphatic rings. The highest BCUT2D eigenvalue weighted by atomic mass is 16.3. The average Bonchev–Trinajstić information content (AvgIpc) is 3.11. The molecule has 0 aliphatic heterocycles. The van der Waals surface area contributed by atoms with Gasteiger partial charge in [0.2, 0.25) is 0 Å². The maximum absolute atomic E-state index is 9.14. The van der Waals surface area contributed by atoms with E-state index in [-0.39, 0.29) is 6.61 Å². The maximum atomic E-state index is 9.14. The van der Waals surface area contributed by atoms with Gasteiger partial charge in [0, 0.05) is 24.8 Å². The van der Waals surface area contributed by atoms with Crippen molar-refractivity contribution >= 4 is 5.69 Å². The van der Waals surface area contributed by atoms with E-state index >= 15 is 0 Å². The third kappa shape index (κ3) is 2.54. The number of benzene rings is 1. The van der Waals surface area contributed by atoms with E-state index in [0.717, 1.165) is 13.1 Å². The number of nitrogens with zero attached hydrogens (tertiary/aromatic N) is 1. The Bertz CT molecular complexity index is 336. The Hall–Kier alpha value is -1.06. The summed E-state index contributed by atoms with van der Waals surface area (Å²) in [5.41, 5.74) is 2.58. The summed E-state index contributed by atoms with van der Waals surface area (Å²) >= 11 is 0. The zero-order chi connectivity index (χ0) is 11.4. The number of hydrogen-bond donors (Lipinski definition) is 2. The summed E-state index contributed by atoms with van der Waals surface area (Å²) in [7, 11) is 1.96. The minimum atomic E-state index is 0.227. The summed E-state index contributed by atoms with van der Waals surface area (Å²) in [6.07, 6.45) is 2.52. The largest absolute Gasteiger partial charge is 0.395 e. The summed E-state index contributed by atoms with van der Waals surface area (Å²) in [6, 6.07) is 9.09. The van der Waals surface area contributed by atoms with Gasteiger partial charge in [-0.25, -0.2) is 0 Å². The van der Waals surface area contributed by atoms with Gasteiger partial charge in [-0.1, -0.05) is 18.2 Å². The SMILES string of the molecule is CNCc1ccccc1N(CCO)C1CC1. The van der Waals surface area contributed by atoms with Crippen LogP contribution < -0.4 is 10.2 Å². The molecule has 1 saturated carbocycles. The van der Waals surface area contributed by atoms with Crippen molar-refractivity contribution in [1.29, 1.82) is 0 Å². The normalized spacial score (nSPS) is 15.1. The molecule has 0 amide bonds. The van der Waals surface area contributed by atoms with Crippen LogP contribution in [0.1, 0.15) is 18.4 Å². The summed E-state index contributed by atoms with van der Waals surface area (Å²) in [5.74, 6) is 0. The van der Waals surface area contributed by atoms with Crippen LogP contribution in [-0.4, -0.2) is 31.3 Å². The Morgan fingerprint density at radius 2 is 2.12 bits per heavy atom. The first kappa shape index (κ1) is 11.4. The van der Waals surface area contributed by atoms with Crippen molar-refractivity contribution < 1.29 is 5.11 Å². The van der Waals surface area contributed by atoms with E-state index in [2.05, 4.69) is 34.5 Å². The number of hydrogen-bond acceptors (Lipinski definition) is 3. The van der Waals surface area contributed by atoms with Gasteiger partial charge in [-0.05, 0) is 31.5 Å². The second-order valence-corrected chi connectivity index (χ2v) is 4.31. The lowest BCUT2D eigenvalue weighted by Gasteiger charge is -2.26. The molecule has 0 bridgehead atoms. The Balaban J connectivity index is 2.21. The van der Waals surface area contributed by atoms with E-state index in [4.69, 9.17) is 5.11 Å². The molecule has 0 atom stereocenters. The molecule has 0 radical (unpaired) electrons. The molecule has 0 aromatic heterocycles. The topological polar surface area (TPSA) is 35.5 Å². The third-order valence-corrected chi connectivity index (χ3v) is 3.00. The lowest BCUT2D eigenvalue weighted by molar-refractivity contribution is 0.301. The molecule has 1 aliphatic carbocycles. The fraction of sp³-hybridized carbons (Fsp3) is 0.538. The van der Waals surface area contributed by atoms with E-state index in [9.17, 15) is 0 Å². The number of anilines is 1. The van der Waals surface area contributed by atoms with Crippen LogP contribution in [0.15, 0.2) is 24.3 Å². The first-order valence-corrected chi connectivity index (χ1v) is 5.97. The van der Waals surface area contributed by atoms with Crippen LogP contribution in [0.25, 0.3) is 0 Å². The smallest absolute Gasteiger partial charge is 0.0606 e. The van der Waals surface area contributed by atoms with Crippen molar-refractivity contribution in [2.24, 2.45) is 0 Å². The molecular weight excluding hydrogens is 200 g/mol. The van der Waals surface area contributed by atoms with Crippen molar-refractivity contribution in [3.8, 4) is 0 Å². The molecule has 0 unspecified atom stereocenters. The van der Waals surface area contributed by atoms with Crippen molar-refractivity contribution in [3.63, 3.8) is 0 Å². The first-order valence-electron chi connectivity index (χ1n) is 5.97. The quantitative estimate of drug-likeness (QED) is 0.760. The molecule has 3 nitrogen and oxygen atoms in total. The van der Waals surface area contributed by atoms with Gasteiger partial charge in [0.05, 0.1) is 6.61 Å². The fourth-order valence-corrected chi connectivity index (χ4v) is 2.12. The van der Waals surface area contributed by atoms with Gasteiger partial charge in [-0.3, -0.25) is 0 Å². The van der Waals surface area contributed by atoms with Crippen LogP contribution in [0.2, 0.25) is 0 Å². The highest BCUT2D eigenvalue weighted by molar-refractivity contribution is 5.55. The van der Waals surface area contributed by atoms with Crippen molar-refractivity contribution in [3.05, 3.63) is 29.8 Å². The summed E-state index contributed by atoms with van der Waals surface area (Å²) in [6.45, 7) is 1.85. The molecule has 0 saturated heterocycles. The predicted molar refractivity (Wildman–Crippen MR) is 66.7 cm³/mol. The number of rotatable bonds is 6. The second kappa shape index (κ2) is 5.32.